The Kier molecular flexibility index (Phi) is 6.91. The fourth-order valence-electron chi connectivity index (χ4n) is 2.90. The summed E-state index contributed by atoms with van der Waals surface area (Å²) in [5.41, 5.74) is 0.871. The number of benzene rings is 1. The number of aliphatic imine (C=N–C) groups is 1. The van der Waals surface area contributed by atoms with Gasteiger partial charge in [-0.1, -0.05) is 12.1 Å². The third kappa shape index (κ3) is 5.55. The van der Waals surface area contributed by atoms with Crippen molar-refractivity contribution in [3.63, 3.8) is 0 Å². The summed E-state index contributed by atoms with van der Waals surface area (Å²) in [5.74, 6) is 1.17. The first-order valence-electron chi connectivity index (χ1n) is 8.79. The number of rotatable bonds is 5. The fourth-order valence-corrected chi connectivity index (χ4v) is 2.90. The van der Waals surface area contributed by atoms with Gasteiger partial charge in [0.25, 0.3) is 0 Å². The van der Waals surface area contributed by atoms with Gasteiger partial charge in [0.2, 0.25) is 5.91 Å². The fraction of sp³-hybridized carbons (Fsp3) is 0.556. The summed E-state index contributed by atoms with van der Waals surface area (Å²) < 4.78 is 0. The summed E-state index contributed by atoms with van der Waals surface area (Å²) in [7, 11) is 1.76. The molecule has 0 aromatic heterocycles. The predicted octanol–water partition coefficient (Wildman–Crippen LogP) is 1.00. The number of amides is 1. The minimum absolute atomic E-state index is 0.0438. The molecule has 1 aliphatic rings. The third-order valence-corrected chi connectivity index (χ3v) is 4.10. The number of nitrogens with zero attached hydrogens (tertiary/aromatic N) is 3. The van der Waals surface area contributed by atoms with Gasteiger partial charge in [-0.15, -0.1) is 0 Å². The molecule has 7 nitrogen and oxygen atoms in total. The van der Waals surface area contributed by atoms with Crippen molar-refractivity contribution in [2.45, 2.75) is 26.3 Å². The average Bonchev–Trinajstić information content (AvgIpc) is 2.59. The van der Waals surface area contributed by atoms with Gasteiger partial charge < -0.3 is 25.5 Å². The van der Waals surface area contributed by atoms with Crippen molar-refractivity contribution in [3.8, 4) is 5.75 Å². The van der Waals surface area contributed by atoms with Gasteiger partial charge in [0.15, 0.2) is 5.96 Å². The maximum atomic E-state index is 11.7. The molecular weight excluding hydrogens is 318 g/mol. The highest BCUT2D eigenvalue weighted by molar-refractivity contribution is 5.81. The van der Waals surface area contributed by atoms with Crippen LogP contribution in [-0.2, 0) is 4.79 Å². The van der Waals surface area contributed by atoms with E-state index in [1.54, 1.807) is 13.1 Å². The van der Waals surface area contributed by atoms with Crippen molar-refractivity contribution in [1.29, 1.82) is 0 Å². The lowest BCUT2D eigenvalue weighted by Crippen LogP contribution is -2.53. The second kappa shape index (κ2) is 9.15. The summed E-state index contributed by atoms with van der Waals surface area (Å²) in [6, 6.07) is 7.57. The molecule has 7 heteroatoms. The quantitative estimate of drug-likeness (QED) is 0.547. The molecule has 1 aromatic rings. The van der Waals surface area contributed by atoms with E-state index in [-0.39, 0.29) is 11.9 Å². The van der Waals surface area contributed by atoms with Crippen molar-refractivity contribution in [3.05, 3.63) is 24.3 Å². The van der Waals surface area contributed by atoms with Crippen LogP contribution in [0, 0.1) is 0 Å². The van der Waals surface area contributed by atoms with Crippen LogP contribution in [0.2, 0.25) is 0 Å². The molecule has 1 amide bonds. The number of carbonyl (C=O) groups excluding carboxylic acids is 1. The van der Waals surface area contributed by atoms with Crippen LogP contribution in [0.25, 0.3) is 0 Å². The second-order valence-electron chi connectivity index (χ2n) is 6.41. The molecule has 25 heavy (non-hydrogen) atoms. The number of nitrogens with one attached hydrogen (secondary N) is 2. The highest BCUT2D eigenvalue weighted by Crippen LogP contribution is 2.27. The summed E-state index contributed by atoms with van der Waals surface area (Å²) in [4.78, 5) is 20.4. The van der Waals surface area contributed by atoms with Crippen LogP contribution in [0.3, 0.4) is 0 Å². The summed E-state index contributed by atoms with van der Waals surface area (Å²) in [5, 5.41) is 16.1. The van der Waals surface area contributed by atoms with Gasteiger partial charge in [-0.2, -0.15) is 0 Å². The summed E-state index contributed by atoms with van der Waals surface area (Å²) in [6.45, 7) is 7.71. The molecular formula is C18H29N5O2. The van der Waals surface area contributed by atoms with Gasteiger partial charge in [0, 0.05) is 52.2 Å². The molecule has 0 unspecified atom stereocenters. The molecule has 1 fully saturated rings. The van der Waals surface area contributed by atoms with Crippen molar-refractivity contribution in [1.82, 2.24) is 15.5 Å². The molecule has 2 rings (SSSR count). The largest absolute Gasteiger partial charge is 0.506 e. The van der Waals surface area contributed by atoms with E-state index >= 15 is 0 Å². The normalized spacial score (nSPS) is 15.4. The van der Waals surface area contributed by atoms with E-state index in [9.17, 15) is 9.90 Å². The second-order valence-corrected chi connectivity index (χ2v) is 6.41. The minimum Gasteiger partial charge on any atom is -0.506 e. The van der Waals surface area contributed by atoms with Gasteiger partial charge >= 0.3 is 0 Å². The molecule has 0 atom stereocenters. The number of anilines is 1. The highest BCUT2D eigenvalue weighted by atomic mass is 16.3. The Morgan fingerprint density at radius 3 is 2.52 bits per heavy atom. The number of aromatic hydroxyl groups is 1. The highest BCUT2D eigenvalue weighted by Gasteiger charge is 2.21. The van der Waals surface area contributed by atoms with Crippen molar-refractivity contribution in [2.24, 2.45) is 4.99 Å². The number of hydrogen-bond acceptors (Lipinski definition) is 4. The van der Waals surface area contributed by atoms with E-state index in [1.807, 2.05) is 32.0 Å². The zero-order valence-corrected chi connectivity index (χ0v) is 15.3. The molecule has 1 aliphatic heterocycles. The maximum Gasteiger partial charge on any atom is 0.221 e. The standard InChI is InChI=1S/C18H29N5O2/c1-14(2)21-17(25)8-9-20-18(19-3)23-12-10-22(11-13-23)15-6-4-5-7-16(15)24/h4-7,14,24H,8-13H2,1-3H3,(H,19,20)(H,21,25). The van der Waals surface area contributed by atoms with Crippen molar-refractivity contribution >= 4 is 17.6 Å². The first-order chi connectivity index (χ1) is 12.0. The topological polar surface area (TPSA) is 80.2 Å². The predicted molar refractivity (Wildman–Crippen MR) is 101 cm³/mol. The average molecular weight is 347 g/mol. The molecule has 0 aliphatic carbocycles. The van der Waals surface area contributed by atoms with Crippen LogP contribution in [0.1, 0.15) is 20.3 Å². The van der Waals surface area contributed by atoms with E-state index in [2.05, 4.69) is 25.4 Å². The molecule has 138 valence electrons. The SMILES string of the molecule is CN=C(NCCC(=O)NC(C)C)N1CCN(c2ccccc2O)CC1. The van der Waals surface area contributed by atoms with Gasteiger partial charge in [0.1, 0.15) is 5.75 Å². The molecule has 3 N–H and O–H groups in total. The summed E-state index contributed by atoms with van der Waals surface area (Å²) >= 11 is 0. The number of phenolic OH excluding ortho intramolecular Hbond substituents is 1. The lowest BCUT2D eigenvalue weighted by Gasteiger charge is -2.37. The smallest absolute Gasteiger partial charge is 0.221 e. The van der Waals surface area contributed by atoms with E-state index < -0.39 is 0 Å². The van der Waals surface area contributed by atoms with E-state index in [4.69, 9.17) is 0 Å². The van der Waals surface area contributed by atoms with Crippen LogP contribution in [0.15, 0.2) is 29.3 Å². The zero-order valence-electron chi connectivity index (χ0n) is 15.3. The summed E-state index contributed by atoms with van der Waals surface area (Å²) in [6.07, 6.45) is 0.426. The number of hydrogen-bond donors (Lipinski definition) is 3. The molecule has 1 aromatic carbocycles. The third-order valence-electron chi connectivity index (χ3n) is 4.10. The van der Waals surface area contributed by atoms with Gasteiger partial charge in [-0.05, 0) is 26.0 Å². The molecule has 1 saturated heterocycles. The lowest BCUT2D eigenvalue weighted by molar-refractivity contribution is -0.121. The van der Waals surface area contributed by atoms with Crippen LogP contribution in [-0.4, -0.2) is 67.7 Å². The number of guanidine groups is 1. The van der Waals surface area contributed by atoms with E-state index in [0.717, 1.165) is 37.8 Å². The first kappa shape index (κ1) is 18.9. The van der Waals surface area contributed by atoms with Crippen LogP contribution in [0.5, 0.6) is 5.75 Å². The monoisotopic (exact) mass is 347 g/mol. The van der Waals surface area contributed by atoms with Crippen LogP contribution < -0.4 is 15.5 Å². The van der Waals surface area contributed by atoms with Gasteiger partial charge in [-0.3, -0.25) is 9.79 Å². The Morgan fingerprint density at radius 1 is 1.24 bits per heavy atom. The van der Waals surface area contributed by atoms with E-state index in [0.29, 0.717) is 18.7 Å². The number of piperazine rings is 1. The Bertz CT molecular complexity index is 595. The number of carbonyl (C=O) groups is 1. The van der Waals surface area contributed by atoms with Crippen molar-refractivity contribution in [2.75, 3.05) is 44.7 Å². The van der Waals surface area contributed by atoms with Crippen LogP contribution >= 0.6 is 0 Å². The van der Waals surface area contributed by atoms with Gasteiger partial charge in [-0.25, -0.2) is 0 Å². The number of phenols is 1. The molecule has 0 spiro atoms. The zero-order chi connectivity index (χ0) is 18.2. The molecule has 0 bridgehead atoms. The Morgan fingerprint density at radius 2 is 1.92 bits per heavy atom. The van der Waals surface area contributed by atoms with Crippen LogP contribution in [0.4, 0.5) is 5.69 Å². The molecule has 0 radical (unpaired) electrons. The van der Waals surface area contributed by atoms with E-state index in [1.165, 1.54) is 0 Å². The lowest BCUT2D eigenvalue weighted by atomic mass is 10.2. The molecule has 1 heterocycles. The Balaban J connectivity index is 1.80. The minimum atomic E-state index is 0.0438. The molecule has 0 saturated carbocycles. The van der Waals surface area contributed by atoms with Gasteiger partial charge in [0.05, 0.1) is 5.69 Å². The Hall–Kier alpha value is -2.44. The van der Waals surface area contributed by atoms with Crippen molar-refractivity contribution < 1.29 is 9.90 Å². The Labute approximate surface area is 149 Å². The maximum absolute atomic E-state index is 11.7. The first-order valence-corrected chi connectivity index (χ1v) is 8.79. The number of para-hydroxylation sites is 2.